The fourth-order valence-electron chi connectivity index (χ4n) is 1.26. The zero-order chi connectivity index (χ0) is 13.1. The zero-order valence-corrected chi connectivity index (χ0v) is 10.2. The summed E-state index contributed by atoms with van der Waals surface area (Å²) in [5, 5.41) is -1.01. The number of carbonyl (C=O) groups is 1. The minimum Gasteiger partial charge on any atom is -0.370 e. The highest BCUT2D eigenvalue weighted by Gasteiger charge is 2.35. The number of Topliss-reactive ketones (excluding diaryl/α,β-unsaturated/α-hetero) is 1. The first kappa shape index (κ1) is 14.1. The molecule has 0 aliphatic heterocycles. The third-order valence-corrected chi connectivity index (χ3v) is 3.08. The van der Waals surface area contributed by atoms with E-state index in [2.05, 4.69) is 4.98 Å². The molecule has 1 unspecified atom stereocenters. The molecule has 3 nitrogen and oxygen atoms in total. The Morgan fingerprint density at radius 3 is 2.59 bits per heavy atom. The molecule has 1 aromatic rings. The summed E-state index contributed by atoms with van der Waals surface area (Å²) in [5.41, 5.74) is 0. The van der Waals surface area contributed by atoms with Crippen LogP contribution in [0.2, 0.25) is 0 Å². The quantitative estimate of drug-likeness (QED) is 0.769. The van der Waals surface area contributed by atoms with Crippen LogP contribution >= 0.6 is 11.3 Å². The average molecular weight is 267 g/mol. The van der Waals surface area contributed by atoms with Crippen molar-refractivity contribution in [1.29, 1.82) is 0 Å². The lowest BCUT2D eigenvalue weighted by Gasteiger charge is -2.11. The van der Waals surface area contributed by atoms with Gasteiger partial charge in [-0.05, 0) is 13.3 Å². The SMILES string of the molecule is CCOC(CC)C(=O)c1cnc(C(F)(F)F)s1. The summed E-state index contributed by atoms with van der Waals surface area (Å²) in [7, 11) is 0. The van der Waals surface area contributed by atoms with Crippen LogP contribution in [0.25, 0.3) is 0 Å². The van der Waals surface area contributed by atoms with Gasteiger partial charge in [-0.1, -0.05) is 6.92 Å². The number of rotatable bonds is 5. The van der Waals surface area contributed by atoms with Crippen molar-refractivity contribution in [2.45, 2.75) is 32.5 Å². The van der Waals surface area contributed by atoms with Crippen LogP contribution in [-0.4, -0.2) is 23.5 Å². The summed E-state index contributed by atoms with van der Waals surface area (Å²) in [6.45, 7) is 3.81. The van der Waals surface area contributed by atoms with Crippen LogP contribution in [0.3, 0.4) is 0 Å². The molecule has 0 bridgehead atoms. The predicted octanol–water partition coefficient (Wildman–Crippen LogP) is 3.16. The van der Waals surface area contributed by atoms with E-state index in [4.69, 9.17) is 4.74 Å². The highest BCUT2D eigenvalue weighted by atomic mass is 32.1. The Hall–Kier alpha value is -0.950. The van der Waals surface area contributed by atoms with Gasteiger partial charge in [-0.25, -0.2) is 4.98 Å². The monoisotopic (exact) mass is 267 g/mol. The van der Waals surface area contributed by atoms with E-state index >= 15 is 0 Å². The van der Waals surface area contributed by atoms with Gasteiger partial charge in [-0.15, -0.1) is 11.3 Å². The van der Waals surface area contributed by atoms with E-state index in [1.54, 1.807) is 13.8 Å². The summed E-state index contributed by atoms with van der Waals surface area (Å²) in [5.74, 6) is -0.442. The molecule has 1 heterocycles. The second-order valence-electron chi connectivity index (χ2n) is 3.24. The Balaban J connectivity index is 2.86. The summed E-state index contributed by atoms with van der Waals surface area (Å²) in [6, 6.07) is 0. The lowest BCUT2D eigenvalue weighted by molar-refractivity contribution is -0.137. The molecule has 0 aliphatic carbocycles. The van der Waals surface area contributed by atoms with Gasteiger partial charge in [0.15, 0.2) is 5.01 Å². The summed E-state index contributed by atoms with van der Waals surface area (Å²) >= 11 is 0.352. The highest BCUT2D eigenvalue weighted by Crippen LogP contribution is 2.32. The van der Waals surface area contributed by atoms with E-state index < -0.39 is 23.1 Å². The first-order valence-corrected chi connectivity index (χ1v) is 5.90. The molecule has 1 aromatic heterocycles. The maximum atomic E-state index is 12.3. The van der Waals surface area contributed by atoms with Crippen LogP contribution in [-0.2, 0) is 10.9 Å². The van der Waals surface area contributed by atoms with E-state index in [-0.39, 0.29) is 4.88 Å². The normalized spacial score (nSPS) is 13.7. The Morgan fingerprint density at radius 2 is 2.18 bits per heavy atom. The Morgan fingerprint density at radius 1 is 1.53 bits per heavy atom. The molecule has 0 fully saturated rings. The van der Waals surface area contributed by atoms with Crippen LogP contribution in [0, 0.1) is 0 Å². The number of aromatic nitrogens is 1. The van der Waals surface area contributed by atoms with E-state index in [1.807, 2.05) is 0 Å². The fraction of sp³-hybridized carbons (Fsp3) is 0.600. The van der Waals surface area contributed by atoms with Crippen LogP contribution in [0.15, 0.2) is 6.20 Å². The molecule has 96 valence electrons. The van der Waals surface area contributed by atoms with Gasteiger partial charge in [0.25, 0.3) is 0 Å². The number of hydrogen-bond acceptors (Lipinski definition) is 4. The molecule has 0 radical (unpaired) electrons. The van der Waals surface area contributed by atoms with E-state index in [9.17, 15) is 18.0 Å². The molecule has 1 atom stereocenters. The van der Waals surface area contributed by atoms with Crippen molar-refractivity contribution >= 4 is 17.1 Å². The van der Waals surface area contributed by atoms with Crippen LogP contribution in [0.1, 0.15) is 34.9 Å². The average Bonchev–Trinajstić information content (AvgIpc) is 2.73. The smallest absolute Gasteiger partial charge is 0.370 e. The molecule has 0 aromatic carbocycles. The van der Waals surface area contributed by atoms with E-state index in [1.165, 1.54) is 0 Å². The molecular formula is C10H12F3NO2S. The van der Waals surface area contributed by atoms with E-state index in [0.717, 1.165) is 6.20 Å². The molecule has 0 spiro atoms. The van der Waals surface area contributed by atoms with Crippen molar-refractivity contribution in [3.05, 3.63) is 16.1 Å². The Bertz CT molecular complexity index is 389. The maximum Gasteiger partial charge on any atom is 0.443 e. The molecular weight excluding hydrogens is 255 g/mol. The molecule has 0 amide bonds. The van der Waals surface area contributed by atoms with Crippen molar-refractivity contribution < 1.29 is 22.7 Å². The molecule has 7 heteroatoms. The topological polar surface area (TPSA) is 39.2 Å². The largest absolute Gasteiger partial charge is 0.443 e. The van der Waals surface area contributed by atoms with Gasteiger partial charge in [-0.3, -0.25) is 4.79 Å². The Labute approximate surface area is 101 Å². The first-order chi connectivity index (χ1) is 7.90. The van der Waals surface area contributed by atoms with Gasteiger partial charge < -0.3 is 4.74 Å². The second kappa shape index (κ2) is 5.59. The molecule has 0 saturated heterocycles. The third-order valence-electron chi connectivity index (χ3n) is 2.02. The molecule has 0 N–H and O–H groups in total. The lowest BCUT2D eigenvalue weighted by atomic mass is 10.1. The number of halogens is 3. The number of hydrogen-bond donors (Lipinski definition) is 0. The van der Waals surface area contributed by atoms with Crippen molar-refractivity contribution in [1.82, 2.24) is 4.98 Å². The molecule has 1 rings (SSSR count). The highest BCUT2D eigenvalue weighted by molar-refractivity contribution is 7.13. The van der Waals surface area contributed by atoms with Gasteiger partial charge in [0.1, 0.15) is 6.10 Å². The van der Waals surface area contributed by atoms with Crippen molar-refractivity contribution in [3.63, 3.8) is 0 Å². The minimum atomic E-state index is -4.50. The second-order valence-corrected chi connectivity index (χ2v) is 4.27. The maximum absolute atomic E-state index is 12.3. The number of carbonyl (C=O) groups excluding carboxylic acids is 1. The minimum absolute atomic E-state index is 0.0161. The van der Waals surface area contributed by atoms with Crippen LogP contribution < -0.4 is 0 Å². The molecule has 17 heavy (non-hydrogen) atoms. The zero-order valence-electron chi connectivity index (χ0n) is 9.37. The third kappa shape index (κ3) is 3.50. The van der Waals surface area contributed by atoms with Crippen LogP contribution in [0.4, 0.5) is 13.2 Å². The van der Waals surface area contributed by atoms with Crippen molar-refractivity contribution in [2.75, 3.05) is 6.61 Å². The summed E-state index contributed by atoms with van der Waals surface area (Å²) in [4.78, 5) is 15.0. The predicted molar refractivity (Wildman–Crippen MR) is 57.2 cm³/mol. The lowest BCUT2D eigenvalue weighted by Crippen LogP contribution is -2.22. The van der Waals surface area contributed by atoms with Crippen LogP contribution in [0.5, 0.6) is 0 Å². The standard InChI is InChI=1S/C10H12F3NO2S/c1-3-6(16-4-2)8(15)7-5-14-9(17-7)10(11,12)13/h5-6H,3-4H2,1-2H3. The van der Waals surface area contributed by atoms with Gasteiger partial charge >= 0.3 is 6.18 Å². The van der Waals surface area contributed by atoms with Gasteiger partial charge in [0.05, 0.1) is 4.88 Å². The number of thiazole rings is 1. The number of alkyl halides is 3. The summed E-state index contributed by atoms with van der Waals surface area (Å²) < 4.78 is 42.1. The summed E-state index contributed by atoms with van der Waals surface area (Å²) in [6.07, 6.45) is -3.82. The number of ether oxygens (including phenoxy) is 1. The Kier molecular flexibility index (Phi) is 4.64. The number of nitrogens with zero attached hydrogens (tertiary/aromatic N) is 1. The van der Waals surface area contributed by atoms with E-state index in [0.29, 0.717) is 24.4 Å². The number of ketones is 1. The molecule has 0 aliphatic rings. The first-order valence-electron chi connectivity index (χ1n) is 5.09. The van der Waals surface area contributed by atoms with Gasteiger partial charge in [0.2, 0.25) is 5.78 Å². The van der Waals surface area contributed by atoms with Gasteiger partial charge in [-0.2, -0.15) is 13.2 Å². The molecule has 0 saturated carbocycles. The van der Waals surface area contributed by atoms with Gasteiger partial charge in [0, 0.05) is 12.8 Å². The fourth-order valence-corrected chi connectivity index (χ4v) is 2.02. The van der Waals surface area contributed by atoms with Crippen molar-refractivity contribution in [2.24, 2.45) is 0 Å². The van der Waals surface area contributed by atoms with Crippen molar-refractivity contribution in [3.8, 4) is 0 Å².